The summed E-state index contributed by atoms with van der Waals surface area (Å²) in [4.78, 5) is 12.6. The zero-order chi connectivity index (χ0) is 27.0. The minimum Gasteiger partial charge on any atom is -0.392 e. The molecule has 2 aromatic rings. The van der Waals surface area contributed by atoms with Crippen LogP contribution in [-0.2, 0) is 11.2 Å². The summed E-state index contributed by atoms with van der Waals surface area (Å²) in [6.07, 6.45) is 12.9. The van der Waals surface area contributed by atoms with Crippen molar-refractivity contribution in [1.82, 2.24) is 0 Å². The number of rotatable bonds is 3. The molecule has 5 aliphatic rings. The second-order valence-corrected chi connectivity index (χ2v) is 13.2. The van der Waals surface area contributed by atoms with Gasteiger partial charge in [0.25, 0.3) is 0 Å². The Hall–Kier alpha value is -3.00. The van der Waals surface area contributed by atoms with Gasteiger partial charge in [0.1, 0.15) is 0 Å². The van der Waals surface area contributed by atoms with Crippen molar-refractivity contribution in [2.45, 2.75) is 69.8 Å². The number of allylic oxidation sites excluding steroid dienone is 1. The molecule has 4 nitrogen and oxygen atoms in total. The largest absolute Gasteiger partial charge is 0.392 e. The van der Waals surface area contributed by atoms with Gasteiger partial charge in [0.15, 0.2) is 5.78 Å². The van der Waals surface area contributed by atoms with Gasteiger partial charge >= 0.3 is 0 Å². The molecule has 200 valence electrons. The number of hydrogen-bond acceptors (Lipinski definition) is 4. The Bertz CT molecular complexity index is 1460. The molecule has 4 heteroatoms. The average molecular weight is 520 g/mol. The van der Waals surface area contributed by atoms with Crippen LogP contribution >= 0.6 is 0 Å². The minimum absolute atomic E-state index is 0.00480. The van der Waals surface area contributed by atoms with Crippen molar-refractivity contribution in [3.8, 4) is 17.2 Å². The summed E-state index contributed by atoms with van der Waals surface area (Å²) in [5.41, 5.74) is 5.66. The summed E-state index contributed by atoms with van der Waals surface area (Å²) in [5.74, 6) is 2.02. The standard InChI is InChI=1S/C35H37NO3/c1-33-20-30-28-9-7-22(27-6-3-2-5-23(27)21-36)17-24(28)19-34-14-11-26(38)18-25(34)8-10-29(32(30)34)31(33)12-15-35(33,39)13-4-16-37/h2-7,9,13,17-18,29-32,37,39H,8,10-12,14-16,19-20H2,1H3/t29-,30?,31-,32?,33-,34+,35?/m0/s1. The molecule has 0 amide bonds. The van der Waals surface area contributed by atoms with Gasteiger partial charge in [-0.2, -0.15) is 5.26 Å². The number of carbonyl (C=O) groups excluding carboxylic acids is 1. The average Bonchev–Trinajstić information content (AvgIpc) is 3.21. The van der Waals surface area contributed by atoms with Crippen LogP contribution in [0.15, 0.2) is 66.3 Å². The molecule has 3 fully saturated rings. The molecule has 2 N–H and O–H groups in total. The number of ketones is 1. The van der Waals surface area contributed by atoms with Gasteiger partial charge in [-0.3, -0.25) is 4.79 Å². The second kappa shape index (κ2) is 8.75. The summed E-state index contributed by atoms with van der Waals surface area (Å²) in [5, 5.41) is 31.3. The van der Waals surface area contributed by atoms with Crippen LogP contribution in [0.25, 0.3) is 11.1 Å². The first kappa shape index (κ1) is 25.0. The highest BCUT2D eigenvalue weighted by Crippen LogP contribution is 2.73. The Labute approximate surface area is 231 Å². The summed E-state index contributed by atoms with van der Waals surface area (Å²) in [6, 6.07) is 17.0. The topological polar surface area (TPSA) is 81.3 Å². The van der Waals surface area contributed by atoms with Crippen molar-refractivity contribution >= 4 is 5.78 Å². The van der Waals surface area contributed by atoms with Crippen LogP contribution in [0, 0.1) is 39.9 Å². The monoisotopic (exact) mass is 519 g/mol. The molecule has 0 bridgehead atoms. The molecule has 5 aliphatic carbocycles. The van der Waals surface area contributed by atoms with E-state index >= 15 is 0 Å². The number of benzene rings is 2. The first-order chi connectivity index (χ1) is 18.8. The molecular weight excluding hydrogens is 482 g/mol. The molecule has 0 aromatic heterocycles. The van der Waals surface area contributed by atoms with Crippen molar-refractivity contribution in [1.29, 1.82) is 5.26 Å². The van der Waals surface area contributed by atoms with Crippen molar-refractivity contribution in [2.24, 2.45) is 28.6 Å². The van der Waals surface area contributed by atoms with Crippen LogP contribution in [-0.4, -0.2) is 28.2 Å². The van der Waals surface area contributed by atoms with Gasteiger partial charge in [-0.15, -0.1) is 0 Å². The van der Waals surface area contributed by atoms with E-state index in [1.807, 2.05) is 36.4 Å². The Balaban J connectivity index is 1.41. The maximum absolute atomic E-state index is 12.6. The first-order valence-corrected chi connectivity index (χ1v) is 14.7. The highest BCUT2D eigenvalue weighted by molar-refractivity contribution is 5.91. The van der Waals surface area contributed by atoms with E-state index in [0.717, 1.165) is 56.1 Å². The van der Waals surface area contributed by atoms with Crippen LogP contribution in [0.1, 0.15) is 74.5 Å². The van der Waals surface area contributed by atoms with Crippen molar-refractivity contribution in [2.75, 3.05) is 6.61 Å². The van der Waals surface area contributed by atoms with Gasteiger partial charge in [-0.25, -0.2) is 0 Å². The van der Waals surface area contributed by atoms with Gasteiger partial charge in [0.2, 0.25) is 0 Å². The molecule has 0 aliphatic heterocycles. The predicted molar refractivity (Wildman–Crippen MR) is 151 cm³/mol. The molecule has 1 spiro atoms. The van der Waals surface area contributed by atoms with Crippen LogP contribution in [0.4, 0.5) is 0 Å². The highest BCUT2D eigenvalue weighted by Gasteiger charge is 2.67. The fourth-order valence-electron chi connectivity index (χ4n) is 10.2. The minimum atomic E-state index is -0.916. The van der Waals surface area contributed by atoms with Gasteiger partial charge in [-0.1, -0.05) is 61.0 Å². The van der Waals surface area contributed by atoms with Crippen LogP contribution in [0.2, 0.25) is 0 Å². The maximum Gasteiger partial charge on any atom is 0.155 e. The third-order valence-corrected chi connectivity index (χ3v) is 11.8. The number of aliphatic hydroxyl groups excluding tert-OH is 1. The molecule has 0 radical (unpaired) electrons. The summed E-state index contributed by atoms with van der Waals surface area (Å²) in [7, 11) is 0. The number of aliphatic hydroxyl groups is 2. The Kier molecular flexibility index (Phi) is 5.61. The molecule has 3 unspecified atom stereocenters. The quantitative estimate of drug-likeness (QED) is 0.469. The number of carbonyl (C=O) groups is 1. The van der Waals surface area contributed by atoms with Crippen molar-refractivity contribution < 1.29 is 15.0 Å². The zero-order valence-electron chi connectivity index (χ0n) is 22.7. The van der Waals surface area contributed by atoms with Gasteiger partial charge in [-0.05, 0) is 108 Å². The lowest BCUT2D eigenvalue weighted by Gasteiger charge is -2.65. The smallest absolute Gasteiger partial charge is 0.155 e. The van der Waals surface area contributed by atoms with E-state index in [1.54, 1.807) is 6.08 Å². The second-order valence-electron chi connectivity index (χ2n) is 13.2. The summed E-state index contributed by atoms with van der Waals surface area (Å²) >= 11 is 0. The zero-order valence-corrected chi connectivity index (χ0v) is 22.7. The molecule has 3 saturated carbocycles. The van der Waals surface area contributed by atoms with E-state index in [9.17, 15) is 20.3 Å². The number of nitrogens with zero attached hydrogens (tertiary/aromatic N) is 1. The number of fused-ring (bicyclic) bond motifs is 4. The van der Waals surface area contributed by atoms with Gasteiger partial charge in [0, 0.05) is 11.8 Å². The molecule has 2 aromatic carbocycles. The summed E-state index contributed by atoms with van der Waals surface area (Å²) < 4.78 is 0. The van der Waals surface area contributed by atoms with Crippen LogP contribution in [0.3, 0.4) is 0 Å². The lowest BCUT2D eigenvalue weighted by Crippen LogP contribution is -2.59. The van der Waals surface area contributed by atoms with Crippen LogP contribution < -0.4 is 0 Å². The lowest BCUT2D eigenvalue weighted by atomic mass is 9.39. The number of hydrogen-bond donors (Lipinski definition) is 2. The van der Waals surface area contributed by atoms with E-state index in [1.165, 1.54) is 16.7 Å². The van der Waals surface area contributed by atoms with Crippen molar-refractivity contribution in [3.05, 3.63) is 83.0 Å². The van der Waals surface area contributed by atoms with E-state index in [-0.39, 0.29) is 23.2 Å². The first-order valence-electron chi connectivity index (χ1n) is 14.7. The lowest BCUT2D eigenvalue weighted by molar-refractivity contribution is -0.128. The summed E-state index contributed by atoms with van der Waals surface area (Å²) in [6.45, 7) is 2.25. The van der Waals surface area contributed by atoms with E-state index in [4.69, 9.17) is 0 Å². The van der Waals surface area contributed by atoms with E-state index in [2.05, 4.69) is 31.2 Å². The molecule has 0 heterocycles. The molecule has 0 saturated heterocycles. The highest BCUT2D eigenvalue weighted by atomic mass is 16.3. The Morgan fingerprint density at radius 2 is 1.97 bits per heavy atom. The molecular formula is C35H37NO3. The Morgan fingerprint density at radius 3 is 2.79 bits per heavy atom. The van der Waals surface area contributed by atoms with E-state index < -0.39 is 5.60 Å². The fourth-order valence-corrected chi connectivity index (χ4v) is 10.2. The molecule has 7 rings (SSSR count). The van der Waals surface area contributed by atoms with E-state index in [0.29, 0.717) is 35.7 Å². The fraction of sp³-hybridized carbons (Fsp3) is 0.486. The van der Waals surface area contributed by atoms with Crippen LogP contribution in [0.5, 0.6) is 0 Å². The maximum atomic E-state index is 12.6. The molecule has 7 atom stereocenters. The third-order valence-electron chi connectivity index (χ3n) is 11.8. The van der Waals surface area contributed by atoms with Crippen molar-refractivity contribution in [3.63, 3.8) is 0 Å². The Morgan fingerprint density at radius 1 is 1.13 bits per heavy atom. The van der Waals surface area contributed by atoms with Gasteiger partial charge in [0.05, 0.1) is 23.8 Å². The normalized spacial score (nSPS) is 38.3. The SMILES string of the molecule is C[C@]12CC3c4ccc(-c5ccccc5C#N)cc4C[C@]45CCC(=O)C=C4CC[C@H](C35)[C@@H]1CCC2(O)C=CCO. The number of nitriles is 1. The predicted octanol–water partition coefficient (Wildman–Crippen LogP) is 6.27. The molecule has 39 heavy (non-hydrogen) atoms. The third kappa shape index (κ3) is 3.39. The van der Waals surface area contributed by atoms with Gasteiger partial charge < -0.3 is 10.2 Å².